The SMILES string of the molecule is CSCCCC(=O)Nc1ccc(C)cc1O. The number of rotatable bonds is 5. The second-order valence-electron chi connectivity index (χ2n) is 3.67. The average molecular weight is 239 g/mol. The van der Waals surface area contributed by atoms with Gasteiger partial charge < -0.3 is 10.4 Å². The molecule has 4 heteroatoms. The number of carbonyl (C=O) groups is 1. The van der Waals surface area contributed by atoms with Crippen molar-refractivity contribution < 1.29 is 9.90 Å². The lowest BCUT2D eigenvalue weighted by atomic mass is 10.2. The standard InChI is InChI=1S/C12H17NO2S/c1-9-5-6-10(11(14)8-9)13-12(15)4-3-7-16-2/h5-6,8,14H,3-4,7H2,1-2H3,(H,13,15). The van der Waals surface area contributed by atoms with Crippen LogP contribution in [0.1, 0.15) is 18.4 Å². The number of anilines is 1. The van der Waals surface area contributed by atoms with Gasteiger partial charge in [-0.25, -0.2) is 0 Å². The topological polar surface area (TPSA) is 49.3 Å². The Morgan fingerprint density at radius 3 is 2.88 bits per heavy atom. The molecule has 3 nitrogen and oxygen atoms in total. The van der Waals surface area contributed by atoms with E-state index in [-0.39, 0.29) is 11.7 Å². The zero-order valence-corrected chi connectivity index (χ0v) is 10.4. The zero-order valence-electron chi connectivity index (χ0n) is 9.62. The lowest BCUT2D eigenvalue weighted by Gasteiger charge is -2.07. The van der Waals surface area contributed by atoms with Gasteiger partial charge in [-0.3, -0.25) is 4.79 Å². The second kappa shape index (κ2) is 6.43. The maximum Gasteiger partial charge on any atom is 0.224 e. The van der Waals surface area contributed by atoms with E-state index in [2.05, 4.69) is 5.32 Å². The third-order valence-corrected chi connectivity index (χ3v) is 2.88. The van der Waals surface area contributed by atoms with Crippen molar-refractivity contribution in [3.63, 3.8) is 0 Å². The first kappa shape index (κ1) is 12.9. The molecule has 0 unspecified atom stereocenters. The van der Waals surface area contributed by atoms with Crippen molar-refractivity contribution in [3.05, 3.63) is 23.8 Å². The molecular formula is C12H17NO2S. The number of aryl methyl sites for hydroxylation is 1. The van der Waals surface area contributed by atoms with E-state index in [1.165, 1.54) is 0 Å². The van der Waals surface area contributed by atoms with Crippen molar-refractivity contribution in [1.29, 1.82) is 0 Å². The summed E-state index contributed by atoms with van der Waals surface area (Å²) in [6.07, 6.45) is 3.37. The first-order chi connectivity index (χ1) is 7.63. The summed E-state index contributed by atoms with van der Waals surface area (Å²) in [5.41, 5.74) is 1.46. The van der Waals surface area contributed by atoms with Gasteiger partial charge in [-0.1, -0.05) is 6.07 Å². The molecule has 16 heavy (non-hydrogen) atoms. The number of hydrogen-bond donors (Lipinski definition) is 2. The molecular weight excluding hydrogens is 222 g/mol. The molecule has 88 valence electrons. The molecule has 0 radical (unpaired) electrons. The number of nitrogens with one attached hydrogen (secondary N) is 1. The van der Waals surface area contributed by atoms with Gasteiger partial charge in [-0.2, -0.15) is 11.8 Å². The number of carbonyl (C=O) groups excluding carboxylic acids is 1. The van der Waals surface area contributed by atoms with Gasteiger partial charge in [0, 0.05) is 6.42 Å². The molecule has 0 aliphatic heterocycles. The Kier molecular flexibility index (Phi) is 5.19. The molecule has 0 aliphatic rings. The molecule has 0 atom stereocenters. The molecule has 0 saturated heterocycles. The fraction of sp³-hybridized carbons (Fsp3) is 0.417. The molecule has 0 spiro atoms. The number of amides is 1. The highest BCUT2D eigenvalue weighted by atomic mass is 32.2. The molecule has 1 aromatic rings. The van der Waals surface area contributed by atoms with Crippen molar-refractivity contribution in [2.75, 3.05) is 17.3 Å². The van der Waals surface area contributed by atoms with Gasteiger partial charge in [0.1, 0.15) is 5.75 Å². The number of aromatic hydroxyl groups is 1. The Hall–Kier alpha value is -1.16. The van der Waals surface area contributed by atoms with Gasteiger partial charge in [-0.15, -0.1) is 0 Å². The number of phenols is 1. The van der Waals surface area contributed by atoms with Crippen LogP contribution < -0.4 is 5.32 Å². The molecule has 2 N–H and O–H groups in total. The number of hydrogen-bond acceptors (Lipinski definition) is 3. The van der Waals surface area contributed by atoms with Crippen LogP contribution in [0.3, 0.4) is 0 Å². The minimum atomic E-state index is -0.0480. The highest BCUT2D eigenvalue weighted by molar-refractivity contribution is 7.98. The zero-order chi connectivity index (χ0) is 12.0. The third kappa shape index (κ3) is 4.14. The highest BCUT2D eigenvalue weighted by Gasteiger charge is 2.05. The van der Waals surface area contributed by atoms with E-state index in [0.29, 0.717) is 12.1 Å². The Morgan fingerprint density at radius 1 is 1.50 bits per heavy atom. The van der Waals surface area contributed by atoms with Crippen LogP contribution in [0.4, 0.5) is 5.69 Å². The van der Waals surface area contributed by atoms with E-state index in [0.717, 1.165) is 17.7 Å². The summed E-state index contributed by atoms with van der Waals surface area (Å²) in [6.45, 7) is 1.89. The van der Waals surface area contributed by atoms with Crippen LogP contribution >= 0.6 is 11.8 Å². The lowest BCUT2D eigenvalue weighted by molar-refractivity contribution is -0.116. The average Bonchev–Trinajstić information content (AvgIpc) is 2.23. The maximum atomic E-state index is 11.5. The van der Waals surface area contributed by atoms with Gasteiger partial charge in [0.05, 0.1) is 5.69 Å². The van der Waals surface area contributed by atoms with Crippen molar-refractivity contribution in [1.82, 2.24) is 0 Å². The molecule has 0 fully saturated rings. The predicted octanol–water partition coefficient (Wildman–Crippen LogP) is 2.78. The van der Waals surface area contributed by atoms with E-state index in [1.54, 1.807) is 23.9 Å². The summed E-state index contributed by atoms with van der Waals surface area (Å²) in [5.74, 6) is 1.05. The van der Waals surface area contributed by atoms with E-state index in [1.807, 2.05) is 19.2 Å². The molecule has 0 aromatic heterocycles. The number of phenolic OH excluding ortho intramolecular Hbond substituents is 1. The smallest absolute Gasteiger partial charge is 0.224 e. The molecule has 1 rings (SSSR count). The minimum Gasteiger partial charge on any atom is -0.506 e. The predicted molar refractivity (Wildman–Crippen MR) is 69.1 cm³/mol. The van der Waals surface area contributed by atoms with Gasteiger partial charge in [0.2, 0.25) is 5.91 Å². The van der Waals surface area contributed by atoms with Crippen LogP contribution in [0.25, 0.3) is 0 Å². The monoisotopic (exact) mass is 239 g/mol. The molecule has 0 bridgehead atoms. The quantitative estimate of drug-likeness (QED) is 0.613. The summed E-state index contributed by atoms with van der Waals surface area (Å²) in [4.78, 5) is 11.5. The van der Waals surface area contributed by atoms with Gasteiger partial charge in [0.25, 0.3) is 0 Å². The van der Waals surface area contributed by atoms with Crippen molar-refractivity contribution in [3.8, 4) is 5.75 Å². The van der Waals surface area contributed by atoms with Crippen LogP contribution in [-0.2, 0) is 4.79 Å². The molecule has 1 aromatic carbocycles. The third-order valence-electron chi connectivity index (χ3n) is 2.18. The van der Waals surface area contributed by atoms with E-state index >= 15 is 0 Å². The van der Waals surface area contributed by atoms with Crippen molar-refractivity contribution in [2.24, 2.45) is 0 Å². The summed E-state index contributed by atoms with van der Waals surface area (Å²) < 4.78 is 0. The molecule has 0 heterocycles. The highest BCUT2D eigenvalue weighted by Crippen LogP contribution is 2.23. The van der Waals surface area contributed by atoms with Crippen molar-refractivity contribution in [2.45, 2.75) is 19.8 Å². The fourth-order valence-corrected chi connectivity index (χ4v) is 1.77. The normalized spacial score (nSPS) is 10.1. The van der Waals surface area contributed by atoms with Crippen LogP contribution in [0.2, 0.25) is 0 Å². The minimum absolute atomic E-state index is 0.0480. The first-order valence-electron chi connectivity index (χ1n) is 5.22. The van der Waals surface area contributed by atoms with E-state index < -0.39 is 0 Å². The summed E-state index contributed by atoms with van der Waals surface area (Å²) in [6, 6.07) is 5.21. The number of thioether (sulfide) groups is 1. The Balaban J connectivity index is 2.49. The molecule has 0 aliphatic carbocycles. The summed E-state index contributed by atoms with van der Waals surface area (Å²) in [5, 5.41) is 12.3. The lowest BCUT2D eigenvalue weighted by Crippen LogP contribution is -2.11. The maximum absolute atomic E-state index is 11.5. The van der Waals surface area contributed by atoms with E-state index in [9.17, 15) is 9.90 Å². The molecule has 1 amide bonds. The number of benzene rings is 1. The second-order valence-corrected chi connectivity index (χ2v) is 4.65. The largest absolute Gasteiger partial charge is 0.506 e. The Morgan fingerprint density at radius 2 is 2.25 bits per heavy atom. The van der Waals surface area contributed by atoms with Gasteiger partial charge in [-0.05, 0) is 43.0 Å². The van der Waals surface area contributed by atoms with Crippen LogP contribution in [0.5, 0.6) is 5.75 Å². The van der Waals surface area contributed by atoms with Crippen LogP contribution in [0, 0.1) is 6.92 Å². The van der Waals surface area contributed by atoms with Crippen LogP contribution in [0.15, 0.2) is 18.2 Å². The summed E-state index contributed by atoms with van der Waals surface area (Å²) >= 11 is 1.73. The van der Waals surface area contributed by atoms with Gasteiger partial charge >= 0.3 is 0 Å². The Bertz CT molecular complexity index is 366. The molecule has 0 saturated carbocycles. The van der Waals surface area contributed by atoms with Crippen LogP contribution in [-0.4, -0.2) is 23.0 Å². The van der Waals surface area contributed by atoms with Gasteiger partial charge in [0.15, 0.2) is 0 Å². The fourth-order valence-electron chi connectivity index (χ4n) is 1.34. The Labute approximate surface area is 100 Å². The first-order valence-corrected chi connectivity index (χ1v) is 6.61. The summed E-state index contributed by atoms with van der Waals surface area (Å²) in [7, 11) is 0. The van der Waals surface area contributed by atoms with E-state index in [4.69, 9.17) is 0 Å². The van der Waals surface area contributed by atoms with Crippen molar-refractivity contribution >= 4 is 23.4 Å².